The van der Waals surface area contributed by atoms with Crippen LogP contribution < -0.4 is 0 Å². The molecule has 0 heterocycles. The number of hydrogen-bond donors (Lipinski definition) is 0. The molecule has 0 saturated heterocycles. The van der Waals surface area contributed by atoms with Gasteiger partial charge in [-0.25, -0.2) is 0 Å². The average Bonchev–Trinajstić information content (AvgIpc) is 2.89. The molecule has 2 aromatic carbocycles. The van der Waals surface area contributed by atoms with Crippen LogP contribution in [0.5, 0.6) is 0 Å². The van der Waals surface area contributed by atoms with Crippen LogP contribution in [-0.4, -0.2) is 0 Å². The largest absolute Gasteiger partial charge is 0.115 e. The van der Waals surface area contributed by atoms with E-state index in [9.17, 15) is 0 Å². The maximum absolute atomic E-state index is 5.89. The summed E-state index contributed by atoms with van der Waals surface area (Å²) in [5.41, 5.74) is 6.88. The lowest BCUT2D eigenvalue weighted by Gasteiger charge is -2.33. The van der Waals surface area contributed by atoms with Gasteiger partial charge < -0.3 is 0 Å². The van der Waals surface area contributed by atoms with Crippen LogP contribution in [0.2, 0.25) is 0 Å². The Morgan fingerprint density at radius 1 is 0.870 bits per heavy atom. The zero-order valence-electron chi connectivity index (χ0n) is 14.4. The summed E-state index contributed by atoms with van der Waals surface area (Å²) in [7, 11) is 0. The van der Waals surface area contributed by atoms with E-state index >= 15 is 0 Å². The second kappa shape index (κ2) is 6.63. The lowest BCUT2D eigenvalue weighted by atomic mass is 9.69. The van der Waals surface area contributed by atoms with Gasteiger partial charge in [0.25, 0.3) is 0 Å². The Balaban J connectivity index is 2.27. The molecule has 0 saturated carbocycles. The summed E-state index contributed by atoms with van der Waals surface area (Å²) < 4.78 is 0. The van der Waals surface area contributed by atoms with Crippen LogP contribution in [0.1, 0.15) is 69.1 Å². The third kappa shape index (κ3) is 2.49. The van der Waals surface area contributed by atoms with Crippen LogP contribution in [0.3, 0.4) is 0 Å². The van der Waals surface area contributed by atoms with Crippen LogP contribution in [-0.2, 0) is 5.41 Å². The molecule has 0 aromatic heterocycles. The molecule has 0 atom stereocenters. The Labute approximate surface area is 140 Å². The highest BCUT2D eigenvalue weighted by Gasteiger charge is 2.43. The Morgan fingerprint density at radius 3 is 2.17 bits per heavy atom. The molecule has 118 valence electrons. The summed E-state index contributed by atoms with van der Waals surface area (Å²) in [6, 6.07) is 15.4. The molecule has 0 spiro atoms. The highest BCUT2D eigenvalue weighted by atomic mass is 14.5. The molecule has 2 aromatic rings. The molecule has 0 heteroatoms. The lowest BCUT2D eigenvalue weighted by Crippen LogP contribution is -2.26. The minimum absolute atomic E-state index is 0.112. The Kier molecular flexibility index (Phi) is 4.58. The first-order chi connectivity index (χ1) is 11.3. The average molecular weight is 302 g/mol. The second-order valence-electron chi connectivity index (χ2n) is 6.71. The zero-order valence-corrected chi connectivity index (χ0v) is 14.4. The van der Waals surface area contributed by atoms with Crippen LogP contribution in [0.4, 0.5) is 0 Å². The topological polar surface area (TPSA) is 0 Å². The fourth-order valence-corrected chi connectivity index (χ4v) is 4.28. The predicted molar refractivity (Wildman–Crippen MR) is 99.6 cm³/mol. The minimum atomic E-state index is 0.112. The fraction of sp³-hybridized carbons (Fsp3) is 0.391. The van der Waals surface area contributed by atoms with Crippen LogP contribution in [0, 0.1) is 12.3 Å². The van der Waals surface area contributed by atoms with Crippen molar-refractivity contribution in [3.8, 4) is 23.5 Å². The Bertz CT molecular complexity index is 722. The minimum Gasteiger partial charge on any atom is -0.115 e. The number of benzene rings is 2. The van der Waals surface area contributed by atoms with Crippen molar-refractivity contribution in [3.05, 3.63) is 59.2 Å². The standard InChI is InChI=1S/C23H26/c1-4-7-16-23(17-8-5-2)21-15-10-9-13-19(21)20-14-11-12-18(6-3)22(20)23/h3,9-15H,4-5,7-8,16-17H2,1-2H3. The molecule has 0 nitrogen and oxygen atoms in total. The number of fused-ring (bicyclic) bond motifs is 3. The lowest BCUT2D eigenvalue weighted by molar-refractivity contribution is 0.414. The van der Waals surface area contributed by atoms with Crippen molar-refractivity contribution in [3.63, 3.8) is 0 Å². The quantitative estimate of drug-likeness (QED) is 0.548. The van der Waals surface area contributed by atoms with Gasteiger partial charge in [0.2, 0.25) is 0 Å². The first kappa shape index (κ1) is 15.9. The summed E-state index contributed by atoms with van der Waals surface area (Å²) in [5, 5.41) is 0. The Morgan fingerprint density at radius 2 is 1.52 bits per heavy atom. The van der Waals surface area contributed by atoms with E-state index in [0.717, 1.165) is 5.56 Å². The molecule has 0 radical (unpaired) electrons. The third-order valence-electron chi connectivity index (χ3n) is 5.35. The molecule has 1 aliphatic rings. The van der Waals surface area contributed by atoms with E-state index in [1.54, 1.807) is 0 Å². The van der Waals surface area contributed by atoms with Crippen molar-refractivity contribution in [1.29, 1.82) is 0 Å². The first-order valence-electron chi connectivity index (χ1n) is 8.98. The molecule has 3 rings (SSSR count). The van der Waals surface area contributed by atoms with E-state index in [-0.39, 0.29) is 5.41 Å². The van der Waals surface area contributed by atoms with Crippen molar-refractivity contribution in [2.45, 2.75) is 57.8 Å². The molecular formula is C23H26. The summed E-state index contributed by atoms with van der Waals surface area (Å²) in [4.78, 5) is 0. The van der Waals surface area contributed by atoms with E-state index in [2.05, 4.69) is 62.2 Å². The molecule has 0 aliphatic heterocycles. The van der Waals surface area contributed by atoms with Gasteiger partial charge >= 0.3 is 0 Å². The van der Waals surface area contributed by atoms with Crippen molar-refractivity contribution in [1.82, 2.24) is 0 Å². The van der Waals surface area contributed by atoms with Crippen molar-refractivity contribution in [2.75, 3.05) is 0 Å². The highest BCUT2D eigenvalue weighted by Crippen LogP contribution is 2.54. The SMILES string of the molecule is C#Cc1cccc2c1C(CCCC)(CCCC)c1ccccc1-2. The molecular weight excluding hydrogens is 276 g/mol. The van der Waals surface area contributed by atoms with Crippen LogP contribution in [0.25, 0.3) is 11.1 Å². The van der Waals surface area contributed by atoms with E-state index in [0.29, 0.717) is 0 Å². The Hall–Kier alpha value is -2.00. The summed E-state index contributed by atoms with van der Waals surface area (Å²) >= 11 is 0. The number of rotatable bonds is 6. The fourth-order valence-electron chi connectivity index (χ4n) is 4.28. The smallest absolute Gasteiger partial charge is 0.0289 e. The molecule has 0 amide bonds. The monoisotopic (exact) mass is 302 g/mol. The van der Waals surface area contributed by atoms with Gasteiger partial charge in [0.1, 0.15) is 0 Å². The van der Waals surface area contributed by atoms with E-state index in [4.69, 9.17) is 6.42 Å². The second-order valence-corrected chi connectivity index (χ2v) is 6.71. The third-order valence-corrected chi connectivity index (χ3v) is 5.35. The maximum Gasteiger partial charge on any atom is 0.0289 e. The van der Waals surface area contributed by atoms with E-state index in [1.807, 2.05) is 0 Å². The molecule has 0 fully saturated rings. The van der Waals surface area contributed by atoms with Gasteiger partial charge in [0.15, 0.2) is 0 Å². The molecule has 0 N–H and O–H groups in total. The van der Waals surface area contributed by atoms with Gasteiger partial charge in [0, 0.05) is 11.0 Å². The summed E-state index contributed by atoms with van der Waals surface area (Å²) in [6.45, 7) is 4.56. The van der Waals surface area contributed by atoms with E-state index < -0.39 is 0 Å². The maximum atomic E-state index is 5.89. The predicted octanol–water partition coefficient (Wildman–Crippen LogP) is 6.31. The van der Waals surface area contributed by atoms with Gasteiger partial charge in [-0.3, -0.25) is 0 Å². The van der Waals surface area contributed by atoms with Crippen LogP contribution >= 0.6 is 0 Å². The molecule has 0 unspecified atom stereocenters. The van der Waals surface area contributed by atoms with Crippen molar-refractivity contribution in [2.24, 2.45) is 0 Å². The van der Waals surface area contributed by atoms with Crippen molar-refractivity contribution >= 4 is 0 Å². The summed E-state index contributed by atoms with van der Waals surface area (Å²) in [5.74, 6) is 2.97. The van der Waals surface area contributed by atoms with E-state index in [1.165, 1.54) is 60.8 Å². The van der Waals surface area contributed by atoms with Crippen LogP contribution in [0.15, 0.2) is 42.5 Å². The molecule has 1 aliphatic carbocycles. The molecule has 0 bridgehead atoms. The highest BCUT2D eigenvalue weighted by molar-refractivity contribution is 5.83. The van der Waals surface area contributed by atoms with Gasteiger partial charge in [-0.05, 0) is 41.2 Å². The zero-order chi connectivity index (χ0) is 16.3. The number of hydrogen-bond acceptors (Lipinski definition) is 0. The number of terminal acetylenes is 1. The van der Waals surface area contributed by atoms with Gasteiger partial charge in [-0.2, -0.15) is 0 Å². The van der Waals surface area contributed by atoms with Gasteiger partial charge in [-0.15, -0.1) is 6.42 Å². The van der Waals surface area contributed by atoms with Crippen molar-refractivity contribution < 1.29 is 0 Å². The summed E-state index contributed by atoms with van der Waals surface area (Å²) in [6.07, 6.45) is 13.2. The normalized spacial score (nSPS) is 14.1. The number of unbranched alkanes of at least 4 members (excludes halogenated alkanes) is 2. The van der Waals surface area contributed by atoms with Gasteiger partial charge in [0.05, 0.1) is 0 Å². The first-order valence-corrected chi connectivity index (χ1v) is 8.98. The van der Waals surface area contributed by atoms with Gasteiger partial charge in [-0.1, -0.05) is 81.8 Å². The molecule has 23 heavy (non-hydrogen) atoms.